The van der Waals surface area contributed by atoms with E-state index in [0.29, 0.717) is 12.3 Å². The lowest BCUT2D eigenvalue weighted by Crippen LogP contribution is -2.30. The van der Waals surface area contributed by atoms with Crippen molar-refractivity contribution in [2.45, 2.75) is 46.6 Å². The predicted octanol–water partition coefficient (Wildman–Crippen LogP) is 4.67. The molecular formula is C23H27N3O2. The fourth-order valence-electron chi connectivity index (χ4n) is 3.99. The molecule has 0 radical (unpaired) electrons. The van der Waals surface area contributed by atoms with Crippen LogP contribution in [0.2, 0.25) is 0 Å². The lowest BCUT2D eigenvalue weighted by atomic mass is 10.0. The maximum absolute atomic E-state index is 12.7. The number of rotatable bonds is 4. The lowest BCUT2D eigenvalue weighted by Gasteiger charge is -2.27. The number of aryl methyl sites for hydroxylation is 3. The zero-order chi connectivity index (χ0) is 19.7. The Bertz CT molecular complexity index is 999. The number of aromatic nitrogens is 1. The van der Waals surface area contributed by atoms with Gasteiger partial charge in [-0.15, -0.1) is 0 Å². The molecule has 4 rings (SSSR count). The first-order valence-corrected chi connectivity index (χ1v) is 10.0. The van der Waals surface area contributed by atoms with E-state index in [1.807, 2.05) is 45.2 Å². The number of piperidine rings is 1. The number of benzene rings is 1. The number of pyridine rings is 1. The highest BCUT2D eigenvalue weighted by Gasteiger charge is 2.20. The SMILES string of the molecule is Cc1ccc(C)c2c(C)c(C(=O)NCc3ccc(N4CCCCC4)nc3)oc12. The van der Waals surface area contributed by atoms with Gasteiger partial charge in [0.1, 0.15) is 11.4 Å². The molecule has 0 aliphatic carbocycles. The molecule has 0 saturated carbocycles. The molecule has 0 atom stereocenters. The smallest absolute Gasteiger partial charge is 0.287 e. The second-order valence-corrected chi connectivity index (χ2v) is 7.71. The molecule has 5 nitrogen and oxygen atoms in total. The summed E-state index contributed by atoms with van der Waals surface area (Å²) in [4.78, 5) is 19.6. The van der Waals surface area contributed by atoms with Crippen molar-refractivity contribution < 1.29 is 9.21 Å². The summed E-state index contributed by atoms with van der Waals surface area (Å²) in [6.07, 6.45) is 5.62. The third-order valence-corrected chi connectivity index (χ3v) is 5.63. The number of amides is 1. The van der Waals surface area contributed by atoms with Gasteiger partial charge in [-0.05, 0) is 62.8 Å². The Balaban J connectivity index is 1.46. The van der Waals surface area contributed by atoms with Crippen molar-refractivity contribution in [1.82, 2.24) is 10.3 Å². The Hall–Kier alpha value is -2.82. The lowest BCUT2D eigenvalue weighted by molar-refractivity contribution is 0.0924. The Morgan fingerprint density at radius 3 is 2.50 bits per heavy atom. The molecule has 1 aliphatic heterocycles. The third-order valence-electron chi connectivity index (χ3n) is 5.63. The van der Waals surface area contributed by atoms with Crippen LogP contribution in [0.4, 0.5) is 5.82 Å². The minimum absolute atomic E-state index is 0.187. The normalized spacial score (nSPS) is 14.5. The molecule has 2 aromatic heterocycles. The van der Waals surface area contributed by atoms with Crippen LogP contribution in [0.15, 0.2) is 34.9 Å². The highest BCUT2D eigenvalue weighted by Crippen LogP contribution is 2.30. The summed E-state index contributed by atoms with van der Waals surface area (Å²) >= 11 is 0. The molecule has 0 spiro atoms. The number of hydrogen-bond acceptors (Lipinski definition) is 4. The van der Waals surface area contributed by atoms with Crippen LogP contribution in [0, 0.1) is 20.8 Å². The Morgan fingerprint density at radius 2 is 1.82 bits per heavy atom. The van der Waals surface area contributed by atoms with Gasteiger partial charge in [0.15, 0.2) is 5.76 Å². The zero-order valence-corrected chi connectivity index (χ0v) is 16.8. The molecule has 146 valence electrons. The van der Waals surface area contributed by atoms with Crippen molar-refractivity contribution >= 4 is 22.7 Å². The molecule has 5 heteroatoms. The van der Waals surface area contributed by atoms with Gasteiger partial charge in [0.25, 0.3) is 5.91 Å². The van der Waals surface area contributed by atoms with Crippen LogP contribution in [-0.2, 0) is 6.54 Å². The number of nitrogens with zero attached hydrogens (tertiary/aromatic N) is 2. The summed E-state index contributed by atoms with van der Waals surface area (Å²) in [5, 5.41) is 4.01. The maximum atomic E-state index is 12.7. The molecule has 0 bridgehead atoms. The highest BCUT2D eigenvalue weighted by molar-refractivity contribution is 6.00. The van der Waals surface area contributed by atoms with Gasteiger partial charge in [-0.2, -0.15) is 0 Å². The molecule has 3 heterocycles. The largest absolute Gasteiger partial charge is 0.450 e. The first-order chi connectivity index (χ1) is 13.5. The van der Waals surface area contributed by atoms with E-state index >= 15 is 0 Å². The Labute approximate surface area is 165 Å². The van der Waals surface area contributed by atoms with Crippen molar-refractivity contribution in [3.05, 3.63) is 58.5 Å². The second-order valence-electron chi connectivity index (χ2n) is 7.71. The van der Waals surface area contributed by atoms with Crippen LogP contribution in [0.3, 0.4) is 0 Å². The summed E-state index contributed by atoms with van der Waals surface area (Å²) in [5.41, 5.74) is 4.84. The number of furan rings is 1. The van der Waals surface area contributed by atoms with Crippen LogP contribution in [0.1, 0.15) is 52.1 Å². The molecule has 1 amide bonds. The topological polar surface area (TPSA) is 58.4 Å². The summed E-state index contributed by atoms with van der Waals surface area (Å²) in [7, 11) is 0. The number of hydrogen-bond donors (Lipinski definition) is 1. The van der Waals surface area contributed by atoms with Gasteiger partial charge in [-0.1, -0.05) is 18.2 Å². The van der Waals surface area contributed by atoms with Gasteiger partial charge in [-0.25, -0.2) is 4.98 Å². The van der Waals surface area contributed by atoms with E-state index in [2.05, 4.69) is 21.3 Å². The average molecular weight is 377 g/mol. The third kappa shape index (κ3) is 3.49. The summed E-state index contributed by atoms with van der Waals surface area (Å²) in [5.74, 6) is 1.23. The van der Waals surface area contributed by atoms with Gasteiger partial charge < -0.3 is 14.6 Å². The summed E-state index contributed by atoms with van der Waals surface area (Å²) < 4.78 is 5.92. The molecule has 1 aliphatic rings. The van der Waals surface area contributed by atoms with Crippen molar-refractivity contribution in [2.75, 3.05) is 18.0 Å². The maximum Gasteiger partial charge on any atom is 0.287 e. The molecule has 28 heavy (non-hydrogen) atoms. The Morgan fingerprint density at radius 1 is 1.07 bits per heavy atom. The first kappa shape index (κ1) is 18.5. The first-order valence-electron chi connectivity index (χ1n) is 10.0. The number of carbonyl (C=O) groups excluding carboxylic acids is 1. The van der Waals surface area contributed by atoms with E-state index in [1.54, 1.807) is 0 Å². The molecule has 1 N–H and O–H groups in total. The number of nitrogens with one attached hydrogen (secondary N) is 1. The molecule has 3 aromatic rings. The van der Waals surface area contributed by atoms with E-state index in [1.165, 1.54) is 19.3 Å². The van der Waals surface area contributed by atoms with Crippen LogP contribution in [0.5, 0.6) is 0 Å². The molecule has 1 fully saturated rings. The van der Waals surface area contributed by atoms with Crippen LogP contribution in [-0.4, -0.2) is 24.0 Å². The van der Waals surface area contributed by atoms with Crippen molar-refractivity contribution in [3.8, 4) is 0 Å². The summed E-state index contributed by atoms with van der Waals surface area (Å²) in [6, 6.07) is 8.18. The van der Waals surface area contributed by atoms with Gasteiger partial charge >= 0.3 is 0 Å². The number of anilines is 1. The monoisotopic (exact) mass is 377 g/mol. The fraction of sp³-hybridized carbons (Fsp3) is 0.391. The van der Waals surface area contributed by atoms with E-state index in [4.69, 9.17) is 4.42 Å². The van der Waals surface area contributed by atoms with Gasteiger partial charge in [-0.3, -0.25) is 4.79 Å². The predicted molar refractivity (Wildman–Crippen MR) is 112 cm³/mol. The Kier molecular flexibility index (Phi) is 5.07. The molecule has 1 saturated heterocycles. The quantitative estimate of drug-likeness (QED) is 0.718. The molecule has 1 aromatic carbocycles. The minimum Gasteiger partial charge on any atom is -0.450 e. The zero-order valence-electron chi connectivity index (χ0n) is 16.8. The van der Waals surface area contributed by atoms with Crippen molar-refractivity contribution in [1.29, 1.82) is 0 Å². The van der Waals surface area contributed by atoms with Gasteiger partial charge in [0.2, 0.25) is 0 Å². The number of carbonyl (C=O) groups is 1. The van der Waals surface area contributed by atoms with Gasteiger partial charge in [0.05, 0.1) is 0 Å². The van der Waals surface area contributed by atoms with Crippen molar-refractivity contribution in [3.63, 3.8) is 0 Å². The van der Waals surface area contributed by atoms with E-state index in [0.717, 1.165) is 52.1 Å². The van der Waals surface area contributed by atoms with Gasteiger partial charge in [0, 0.05) is 36.8 Å². The van der Waals surface area contributed by atoms with E-state index < -0.39 is 0 Å². The minimum atomic E-state index is -0.187. The standard InChI is InChI=1S/C23H27N3O2/c1-15-7-8-16(2)21-20(15)17(3)22(28-21)23(27)25-14-18-9-10-19(24-13-18)26-11-5-4-6-12-26/h7-10,13H,4-6,11-12,14H2,1-3H3,(H,25,27). The second kappa shape index (κ2) is 7.66. The summed E-state index contributed by atoms with van der Waals surface area (Å²) in [6.45, 7) is 8.58. The van der Waals surface area contributed by atoms with Crippen LogP contribution in [0.25, 0.3) is 11.0 Å². The average Bonchev–Trinajstić information content (AvgIpc) is 3.09. The molecule has 0 unspecified atom stereocenters. The van der Waals surface area contributed by atoms with Crippen LogP contribution < -0.4 is 10.2 Å². The number of fused-ring (bicyclic) bond motifs is 1. The molecular weight excluding hydrogens is 350 g/mol. The van der Waals surface area contributed by atoms with E-state index in [9.17, 15) is 4.79 Å². The van der Waals surface area contributed by atoms with Crippen molar-refractivity contribution in [2.24, 2.45) is 0 Å². The van der Waals surface area contributed by atoms with E-state index in [-0.39, 0.29) is 5.91 Å². The fourth-order valence-corrected chi connectivity index (χ4v) is 3.99. The van der Waals surface area contributed by atoms with Crippen LogP contribution >= 0.6 is 0 Å². The highest BCUT2D eigenvalue weighted by atomic mass is 16.3.